The van der Waals surface area contributed by atoms with E-state index in [1.165, 1.54) is 23.5 Å². The molecule has 2 N–H and O–H groups in total. The highest BCUT2D eigenvalue weighted by atomic mass is 35.5. The number of unbranched alkanes of at least 4 members (excludes halogenated alkanes) is 1. The van der Waals surface area contributed by atoms with Gasteiger partial charge in [-0.25, -0.2) is 4.39 Å². The molecule has 0 heterocycles. The summed E-state index contributed by atoms with van der Waals surface area (Å²) in [6, 6.07) is 3.85. The van der Waals surface area contributed by atoms with E-state index in [1.54, 1.807) is 0 Å². The summed E-state index contributed by atoms with van der Waals surface area (Å²) in [7, 11) is -2.19. The van der Waals surface area contributed by atoms with Gasteiger partial charge in [-0.05, 0) is 24.1 Å². The Balaban J connectivity index is 2.62. The number of hydrogen-bond donors (Lipinski definition) is 2. The molecule has 1 rings (SSSR count). The van der Waals surface area contributed by atoms with Gasteiger partial charge in [0.1, 0.15) is 5.82 Å². The summed E-state index contributed by atoms with van der Waals surface area (Å²) in [5, 5.41) is 9.85. The fourth-order valence-electron chi connectivity index (χ4n) is 1.63. The van der Waals surface area contributed by atoms with Gasteiger partial charge < -0.3 is 5.11 Å². The minimum atomic E-state index is -3.65. The molecule has 0 spiro atoms. The Morgan fingerprint density at radius 3 is 2.71 bits per heavy atom. The Labute approximate surface area is 129 Å². The molecule has 1 unspecified atom stereocenters. The molecule has 0 aromatic heterocycles. The molecule has 0 fully saturated rings. The monoisotopic (exact) mass is 338 g/mol. The molecule has 0 aliphatic heterocycles. The summed E-state index contributed by atoms with van der Waals surface area (Å²) >= 11 is 5.55. The van der Waals surface area contributed by atoms with Crippen LogP contribution in [0.25, 0.3) is 0 Å². The van der Waals surface area contributed by atoms with E-state index in [-0.39, 0.29) is 17.1 Å². The molecule has 1 atom stereocenters. The molecule has 120 valence electrons. The van der Waals surface area contributed by atoms with E-state index in [2.05, 4.69) is 4.72 Å². The van der Waals surface area contributed by atoms with Crippen LogP contribution in [0.5, 0.6) is 0 Å². The highest BCUT2D eigenvalue weighted by Crippen LogP contribution is 2.20. The maximum Gasteiger partial charge on any atom is 0.279 e. The smallest absolute Gasteiger partial charge is 0.279 e. The Morgan fingerprint density at radius 1 is 1.48 bits per heavy atom. The molecule has 5 nitrogen and oxygen atoms in total. The third-order valence-electron chi connectivity index (χ3n) is 3.02. The minimum Gasteiger partial charge on any atom is -0.387 e. The summed E-state index contributed by atoms with van der Waals surface area (Å²) in [6.07, 6.45) is 0.487. The van der Waals surface area contributed by atoms with E-state index in [4.69, 9.17) is 11.6 Å². The normalized spacial score (nSPS) is 13.6. The Bertz CT molecular complexity index is 569. The van der Waals surface area contributed by atoms with Gasteiger partial charge in [0.15, 0.2) is 0 Å². The van der Waals surface area contributed by atoms with Gasteiger partial charge in [-0.15, -0.1) is 0 Å². The van der Waals surface area contributed by atoms with Crippen LogP contribution in [0.3, 0.4) is 0 Å². The first kappa shape index (κ1) is 18.3. The van der Waals surface area contributed by atoms with Crippen LogP contribution < -0.4 is 4.72 Å². The van der Waals surface area contributed by atoms with E-state index in [0.717, 1.165) is 18.9 Å². The second kappa shape index (κ2) is 8.05. The maximum atomic E-state index is 13.3. The zero-order valence-electron chi connectivity index (χ0n) is 12.0. The third-order valence-corrected chi connectivity index (χ3v) is 4.87. The summed E-state index contributed by atoms with van der Waals surface area (Å²) < 4.78 is 40.6. The molecule has 0 saturated carbocycles. The zero-order chi connectivity index (χ0) is 16.0. The van der Waals surface area contributed by atoms with Gasteiger partial charge in [0.05, 0.1) is 11.1 Å². The lowest BCUT2D eigenvalue weighted by molar-refractivity contribution is 0.181. The van der Waals surface area contributed by atoms with Crippen molar-refractivity contribution in [1.82, 2.24) is 9.03 Å². The number of halogens is 2. The summed E-state index contributed by atoms with van der Waals surface area (Å²) in [4.78, 5) is 0. The van der Waals surface area contributed by atoms with Crippen LogP contribution in [0.4, 0.5) is 4.39 Å². The Kier molecular flexibility index (Phi) is 7.02. The first-order valence-corrected chi connectivity index (χ1v) is 8.43. The predicted octanol–water partition coefficient (Wildman–Crippen LogP) is 2.08. The van der Waals surface area contributed by atoms with Crippen LogP contribution in [-0.4, -0.2) is 38.0 Å². The summed E-state index contributed by atoms with van der Waals surface area (Å²) in [5.74, 6) is -0.656. The van der Waals surface area contributed by atoms with Crippen LogP contribution in [0.15, 0.2) is 18.2 Å². The average molecular weight is 339 g/mol. The third kappa shape index (κ3) is 5.52. The SMILES string of the molecule is CCCCN(C)S(=O)(=O)NCC(O)c1ccc(Cl)c(F)c1. The van der Waals surface area contributed by atoms with Crippen molar-refractivity contribution < 1.29 is 17.9 Å². The van der Waals surface area contributed by atoms with Gasteiger partial charge in [0, 0.05) is 20.1 Å². The van der Waals surface area contributed by atoms with Crippen molar-refractivity contribution >= 4 is 21.8 Å². The highest BCUT2D eigenvalue weighted by molar-refractivity contribution is 7.87. The van der Waals surface area contributed by atoms with Gasteiger partial charge in [-0.1, -0.05) is 31.0 Å². The molecule has 1 aromatic carbocycles. The molecule has 0 aliphatic rings. The van der Waals surface area contributed by atoms with Crippen molar-refractivity contribution in [3.05, 3.63) is 34.6 Å². The van der Waals surface area contributed by atoms with Crippen molar-refractivity contribution in [3.8, 4) is 0 Å². The summed E-state index contributed by atoms with van der Waals surface area (Å²) in [5.41, 5.74) is 0.260. The van der Waals surface area contributed by atoms with Gasteiger partial charge in [0.2, 0.25) is 0 Å². The molecule has 1 aromatic rings. The lowest BCUT2D eigenvalue weighted by Crippen LogP contribution is -2.40. The second-order valence-corrected chi connectivity index (χ2v) is 6.99. The van der Waals surface area contributed by atoms with E-state index in [1.807, 2.05) is 6.92 Å². The van der Waals surface area contributed by atoms with Gasteiger partial charge in [-0.2, -0.15) is 17.4 Å². The van der Waals surface area contributed by atoms with E-state index >= 15 is 0 Å². The molecule has 0 aliphatic carbocycles. The maximum absolute atomic E-state index is 13.3. The molecule has 8 heteroatoms. The largest absolute Gasteiger partial charge is 0.387 e. The first-order valence-electron chi connectivity index (χ1n) is 6.62. The number of aliphatic hydroxyl groups is 1. The van der Waals surface area contributed by atoms with Crippen molar-refractivity contribution in [1.29, 1.82) is 0 Å². The minimum absolute atomic E-state index is 0.0502. The lowest BCUT2D eigenvalue weighted by Gasteiger charge is -2.19. The molecule has 0 bridgehead atoms. The molecular formula is C13H20ClFN2O3S. The van der Waals surface area contributed by atoms with Crippen molar-refractivity contribution in [3.63, 3.8) is 0 Å². The number of nitrogens with zero attached hydrogens (tertiary/aromatic N) is 1. The lowest BCUT2D eigenvalue weighted by atomic mass is 10.1. The number of benzene rings is 1. The Hall–Kier alpha value is -0.730. The van der Waals surface area contributed by atoms with Crippen molar-refractivity contribution in [2.75, 3.05) is 20.1 Å². The van der Waals surface area contributed by atoms with Gasteiger partial charge >= 0.3 is 0 Å². The quantitative estimate of drug-likeness (QED) is 0.762. The fraction of sp³-hybridized carbons (Fsp3) is 0.538. The number of nitrogens with one attached hydrogen (secondary N) is 1. The van der Waals surface area contributed by atoms with Crippen LogP contribution in [0.1, 0.15) is 31.4 Å². The number of hydrogen-bond acceptors (Lipinski definition) is 3. The molecule has 21 heavy (non-hydrogen) atoms. The van der Waals surface area contributed by atoms with Crippen LogP contribution in [-0.2, 0) is 10.2 Å². The summed E-state index contributed by atoms with van der Waals surface area (Å²) in [6.45, 7) is 2.13. The number of rotatable bonds is 8. The van der Waals surface area contributed by atoms with E-state index < -0.39 is 22.1 Å². The van der Waals surface area contributed by atoms with Gasteiger partial charge in [-0.3, -0.25) is 0 Å². The highest BCUT2D eigenvalue weighted by Gasteiger charge is 2.19. The van der Waals surface area contributed by atoms with Crippen molar-refractivity contribution in [2.45, 2.75) is 25.9 Å². The average Bonchev–Trinajstić information content (AvgIpc) is 2.45. The Morgan fingerprint density at radius 2 is 2.14 bits per heavy atom. The van der Waals surface area contributed by atoms with E-state index in [0.29, 0.717) is 6.54 Å². The molecule has 0 radical (unpaired) electrons. The molecule has 0 amide bonds. The van der Waals surface area contributed by atoms with Crippen molar-refractivity contribution in [2.24, 2.45) is 0 Å². The second-order valence-electron chi connectivity index (χ2n) is 4.72. The van der Waals surface area contributed by atoms with Gasteiger partial charge in [0.25, 0.3) is 10.2 Å². The molecular weight excluding hydrogens is 319 g/mol. The van der Waals surface area contributed by atoms with Crippen LogP contribution >= 0.6 is 11.6 Å². The van der Waals surface area contributed by atoms with E-state index in [9.17, 15) is 17.9 Å². The van der Waals surface area contributed by atoms with Crippen LogP contribution in [0, 0.1) is 5.82 Å². The standard InChI is InChI=1S/C13H20ClFN2O3S/c1-3-4-7-17(2)21(19,20)16-9-13(18)10-5-6-11(14)12(15)8-10/h5-6,8,13,16,18H,3-4,7,9H2,1-2H3. The first-order chi connectivity index (χ1) is 9.77. The molecule has 0 saturated heterocycles. The number of aliphatic hydroxyl groups excluding tert-OH is 1. The zero-order valence-corrected chi connectivity index (χ0v) is 13.6. The predicted molar refractivity (Wildman–Crippen MR) is 80.8 cm³/mol. The fourth-order valence-corrected chi connectivity index (χ4v) is 2.71. The van der Waals surface area contributed by atoms with Crippen LogP contribution in [0.2, 0.25) is 5.02 Å². The topological polar surface area (TPSA) is 69.6 Å².